The average molecular weight is 241 g/mol. The highest BCUT2D eigenvalue weighted by Gasteiger charge is 2.24. The van der Waals surface area contributed by atoms with Crippen LogP contribution in [0.15, 0.2) is 24.3 Å². The molecule has 1 aliphatic heterocycles. The van der Waals surface area contributed by atoms with Gasteiger partial charge < -0.3 is 9.84 Å². The normalized spacial score (nSPS) is 19.6. The van der Waals surface area contributed by atoms with Crippen molar-refractivity contribution in [2.45, 2.75) is 18.8 Å². The smallest absolute Gasteiger partial charge is 0.0502 e. The molecule has 1 N–H and O–H groups in total. The van der Waals surface area contributed by atoms with Gasteiger partial charge >= 0.3 is 0 Å². The van der Waals surface area contributed by atoms with Crippen molar-refractivity contribution in [3.8, 4) is 0 Å². The van der Waals surface area contributed by atoms with Gasteiger partial charge in [-0.15, -0.1) is 0 Å². The third-order valence-corrected chi connectivity index (χ3v) is 3.58. The molecule has 16 heavy (non-hydrogen) atoms. The van der Waals surface area contributed by atoms with Crippen LogP contribution in [0.3, 0.4) is 0 Å². The van der Waals surface area contributed by atoms with Gasteiger partial charge in [0.15, 0.2) is 0 Å². The Morgan fingerprint density at radius 3 is 2.44 bits per heavy atom. The second-order valence-electron chi connectivity index (χ2n) is 4.29. The highest BCUT2D eigenvalue weighted by Crippen LogP contribution is 2.32. The Bertz CT molecular complexity index is 317. The Labute approximate surface area is 101 Å². The van der Waals surface area contributed by atoms with Gasteiger partial charge in [0.2, 0.25) is 0 Å². The molecule has 1 heterocycles. The van der Waals surface area contributed by atoms with Gasteiger partial charge in [-0.1, -0.05) is 23.7 Å². The van der Waals surface area contributed by atoms with E-state index in [0.29, 0.717) is 5.92 Å². The monoisotopic (exact) mass is 240 g/mol. The summed E-state index contributed by atoms with van der Waals surface area (Å²) < 4.78 is 5.35. The zero-order valence-electron chi connectivity index (χ0n) is 9.23. The fourth-order valence-electron chi connectivity index (χ4n) is 2.35. The predicted molar refractivity (Wildman–Crippen MR) is 64.8 cm³/mol. The first-order valence-corrected chi connectivity index (χ1v) is 6.13. The van der Waals surface area contributed by atoms with E-state index in [0.717, 1.165) is 31.1 Å². The predicted octanol–water partition coefficient (Wildman–Crippen LogP) is 2.84. The lowest BCUT2D eigenvalue weighted by molar-refractivity contribution is 0.0493. The molecule has 0 amide bonds. The first-order valence-electron chi connectivity index (χ1n) is 5.75. The quantitative estimate of drug-likeness (QED) is 0.881. The number of rotatable bonds is 3. The fourth-order valence-corrected chi connectivity index (χ4v) is 2.48. The second kappa shape index (κ2) is 5.67. The summed E-state index contributed by atoms with van der Waals surface area (Å²) in [5.74, 6) is 0.751. The molecule has 1 atom stereocenters. The highest BCUT2D eigenvalue weighted by molar-refractivity contribution is 6.30. The molecular formula is C13H17ClO2. The highest BCUT2D eigenvalue weighted by atomic mass is 35.5. The van der Waals surface area contributed by atoms with Crippen LogP contribution in [0.1, 0.15) is 24.3 Å². The summed E-state index contributed by atoms with van der Waals surface area (Å²) >= 11 is 5.86. The van der Waals surface area contributed by atoms with Crippen LogP contribution < -0.4 is 0 Å². The zero-order valence-corrected chi connectivity index (χ0v) is 9.99. The lowest BCUT2D eigenvalue weighted by Gasteiger charge is -2.29. The molecule has 1 unspecified atom stereocenters. The van der Waals surface area contributed by atoms with E-state index >= 15 is 0 Å². The maximum Gasteiger partial charge on any atom is 0.0502 e. The Morgan fingerprint density at radius 2 is 1.88 bits per heavy atom. The van der Waals surface area contributed by atoms with Gasteiger partial charge in [-0.05, 0) is 36.5 Å². The van der Waals surface area contributed by atoms with E-state index in [1.165, 1.54) is 5.56 Å². The lowest BCUT2D eigenvalue weighted by Crippen LogP contribution is -2.24. The number of aliphatic hydroxyl groups excluding tert-OH is 1. The minimum Gasteiger partial charge on any atom is -0.396 e. The van der Waals surface area contributed by atoms with E-state index in [9.17, 15) is 5.11 Å². The van der Waals surface area contributed by atoms with Crippen LogP contribution in [0.2, 0.25) is 5.02 Å². The third-order valence-electron chi connectivity index (χ3n) is 3.33. The Kier molecular flexibility index (Phi) is 4.22. The van der Waals surface area contributed by atoms with E-state index in [4.69, 9.17) is 16.3 Å². The molecule has 3 heteroatoms. The number of aliphatic hydroxyl groups is 1. The van der Waals surface area contributed by atoms with Gasteiger partial charge in [-0.3, -0.25) is 0 Å². The second-order valence-corrected chi connectivity index (χ2v) is 4.73. The first kappa shape index (κ1) is 11.9. The number of benzene rings is 1. The molecule has 0 aliphatic carbocycles. The minimum absolute atomic E-state index is 0.201. The summed E-state index contributed by atoms with van der Waals surface area (Å²) in [5.41, 5.74) is 1.18. The van der Waals surface area contributed by atoms with Crippen LogP contribution in [-0.4, -0.2) is 24.9 Å². The maximum absolute atomic E-state index is 9.53. The molecule has 0 radical (unpaired) electrons. The van der Waals surface area contributed by atoms with E-state index in [1.54, 1.807) is 0 Å². The SMILES string of the molecule is OCC(c1ccc(Cl)cc1)C1CCOCC1. The zero-order chi connectivity index (χ0) is 11.4. The molecule has 0 saturated carbocycles. The lowest BCUT2D eigenvalue weighted by atomic mass is 9.82. The van der Waals surface area contributed by atoms with Crippen LogP contribution in [0.4, 0.5) is 0 Å². The van der Waals surface area contributed by atoms with Gasteiger partial charge in [0.1, 0.15) is 0 Å². The molecule has 0 bridgehead atoms. The van der Waals surface area contributed by atoms with E-state index in [-0.39, 0.29) is 12.5 Å². The first-order chi connectivity index (χ1) is 7.81. The van der Waals surface area contributed by atoms with Crippen LogP contribution in [0.5, 0.6) is 0 Å². The molecular weight excluding hydrogens is 224 g/mol. The molecule has 1 aliphatic rings. The third kappa shape index (κ3) is 2.76. The average Bonchev–Trinajstić information content (AvgIpc) is 2.34. The summed E-state index contributed by atoms with van der Waals surface area (Å²) in [4.78, 5) is 0. The topological polar surface area (TPSA) is 29.5 Å². The van der Waals surface area contributed by atoms with Crippen molar-refractivity contribution < 1.29 is 9.84 Å². The molecule has 0 aromatic heterocycles. The summed E-state index contributed by atoms with van der Waals surface area (Å²) in [6.45, 7) is 1.83. The van der Waals surface area contributed by atoms with Crippen molar-refractivity contribution in [1.29, 1.82) is 0 Å². The van der Waals surface area contributed by atoms with Crippen LogP contribution >= 0.6 is 11.6 Å². The maximum atomic E-state index is 9.53. The van der Waals surface area contributed by atoms with Crippen molar-refractivity contribution in [1.82, 2.24) is 0 Å². The van der Waals surface area contributed by atoms with E-state index < -0.39 is 0 Å². The summed E-state index contributed by atoms with van der Waals surface area (Å²) in [5, 5.41) is 10.3. The van der Waals surface area contributed by atoms with Gasteiger partial charge in [0, 0.05) is 24.2 Å². The Balaban J connectivity index is 2.11. The van der Waals surface area contributed by atoms with Gasteiger partial charge in [-0.2, -0.15) is 0 Å². The van der Waals surface area contributed by atoms with Crippen LogP contribution in [0.25, 0.3) is 0 Å². The summed E-state index contributed by atoms with van der Waals surface area (Å²) in [7, 11) is 0. The number of ether oxygens (including phenoxy) is 1. The summed E-state index contributed by atoms with van der Waals surface area (Å²) in [6, 6.07) is 7.80. The van der Waals surface area contributed by atoms with Crippen molar-refractivity contribution in [2.24, 2.45) is 5.92 Å². The van der Waals surface area contributed by atoms with Gasteiger partial charge in [0.05, 0.1) is 6.61 Å². The molecule has 0 spiro atoms. The van der Waals surface area contributed by atoms with Crippen molar-refractivity contribution in [2.75, 3.05) is 19.8 Å². The van der Waals surface area contributed by atoms with E-state index in [1.807, 2.05) is 24.3 Å². The van der Waals surface area contributed by atoms with Crippen LogP contribution in [-0.2, 0) is 4.74 Å². The summed E-state index contributed by atoms with van der Waals surface area (Å²) in [6.07, 6.45) is 2.07. The van der Waals surface area contributed by atoms with Crippen molar-refractivity contribution in [3.63, 3.8) is 0 Å². The molecule has 2 rings (SSSR count). The molecule has 88 valence electrons. The number of hydrogen-bond donors (Lipinski definition) is 1. The largest absolute Gasteiger partial charge is 0.396 e. The van der Waals surface area contributed by atoms with Crippen molar-refractivity contribution >= 4 is 11.6 Å². The van der Waals surface area contributed by atoms with E-state index in [2.05, 4.69) is 0 Å². The molecule has 1 fully saturated rings. The molecule has 1 aromatic rings. The van der Waals surface area contributed by atoms with Crippen LogP contribution in [0, 0.1) is 5.92 Å². The van der Waals surface area contributed by atoms with Gasteiger partial charge in [-0.25, -0.2) is 0 Å². The Hall–Kier alpha value is -0.570. The number of halogens is 1. The molecule has 2 nitrogen and oxygen atoms in total. The van der Waals surface area contributed by atoms with Crippen molar-refractivity contribution in [3.05, 3.63) is 34.9 Å². The standard InChI is InChI=1S/C13H17ClO2/c14-12-3-1-10(2-4-12)13(9-15)11-5-7-16-8-6-11/h1-4,11,13,15H,5-9H2. The molecule has 1 saturated heterocycles. The molecule has 1 aromatic carbocycles. The van der Waals surface area contributed by atoms with Gasteiger partial charge in [0.25, 0.3) is 0 Å². The minimum atomic E-state index is 0.201. The number of hydrogen-bond acceptors (Lipinski definition) is 2. The fraction of sp³-hybridized carbons (Fsp3) is 0.538. The Morgan fingerprint density at radius 1 is 1.25 bits per heavy atom.